The van der Waals surface area contributed by atoms with E-state index >= 15 is 0 Å². The van der Waals surface area contributed by atoms with Gasteiger partial charge in [-0.1, -0.05) is 6.07 Å². The molecule has 0 saturated carbocycles. The Hall–Kier alpha value is -1.30. The number of benzene rings is 1. The Morgan fingerprint density at radius 2 is 2.06 bits per heavy atom. The maximum absolute atomic E-state index is 5.30. The lowest BCUT2D eigenvalue weighted by molar-refractivity contribution is 0.390. The van der Waals surface area contributed by atoms with Crippen molar-refractivity contribution in [2.45, 2.75) is 6.42 Å². The third kappa shape index (κ3) is 3.69. The first-order valence-corrected chi connectivity index (χ1v) is 5.17. The zero-order chi connectivity index (χ0) is 11.8. The molecule has 0 saturated heterocycles. The molecule has 0 aromatic heterocycles. The van der Waals surface area contributed by atoms with Crippen molar-refractivity contribution in [3.05, 3.63) is 23.8 Å². The molecular formula is C11H19N3O2. The van der Waals surface area contributed by atoms with Gasteiger partial charge in [-0.25, -0.2) is 5.43 Å². The fourth-order valence-electron chi connectivity index (χ4n) is 1.44. The van der Waals surface area contributed by atoms with Gasteiger partial charge in [0.2, 0.25) is 0 Å². The van der Waals surface area contributed by atoms with Gasteiger partial charge in [-0.15, -0.1) is 0 Å². The normalized spacial score (nSPS) is 10.2. The Morgan fingerprint density at radius 3 is 2.69 bits per heavy atom. The molecule has 16 heavy (non-hydrogen) atoms. The average molecular weight is 225 g/mol. The first kappa shape index (κ1) is 12.8. The first-order chi connectivity index (χ1) is 7.81. The minimum Gasteiger partial charge on any atom is -0.497 e. The van der Waals surface area contributed by atoms with Crippen molar-refractivity contribution >= 4 is 0 Å². The summed E-state index contributed by atoms with van der Waals surface area (Å²) >= 11 is 0. The van der Waals surface area contributed by atoms with Gasteiger partial charge in [-0.05, 0) is 18.1 Å². The lowest BCUT2D eigenvalue weighted by Crippen LogP contribution is -2.34. The fraction of sp³-hybridized carbons (Fsp3) is 0.455. The molecule has 0 aliphatic heterocycles. The quantitative estimate of drug-likeness (QED) is 0.269. The monoisotopic (exact) mass is 225 g/mol. The highest BCUT2D eigenvalue weighted by Crippen LogP contribution is 2.24. The van der Waals surface area contributed by atoms with Crippen LogP contribution in [0.1, 0.15) is 5.56 Å². The van der Waals surface area contributed by atoms with Crippen LogP contribution in [0.4, 0.5) is 0 Å². The van der Waals surface area contributed by atoms with Gasteiger partial charge in [0, 0.05) is 12.6 Å². The minimum atomic E-state index is 0.596. The van der Waals surface area contributed by atoms with Crippen molar-refractivity contribution in [1.29, 1.82) is 0 Å². The van der Waals surface area contributed by atoms with Crippen LogP contribution in [0.25, 0.3) is 0 Å². The Labute approximate surface area is 95.9 Å². The summed E-state index contributed by atoms with van der Waals surface area (Å²) in [5.74, 6) is 6.80. The van der Waals surface area contributed by atoms with Gasteiger partial charge in [0.15, 0.2) is 0 Å². The van der Waals surface area contributed by atoms with E-state index in [-0.39, 0.29) is 0 Å². The zero-order valence-corrected chi connectivity index (χ0v) is 9.75. The summed E-state index contributed by atoms with van der Waals surface area (Å²) in [6.45, 7) is 1.44. The molecule has 0 aliphatic rings. The summed E-state index contributed by atoms with van der Waals surface area (Å²) < 4.78 is 10.4. The molecule has 1 aromatic rings. The summed E-state index contributed by atoms with van der Waals surface area (Å²) in [5.41, 5.74) is 3.68. The van der Waals surface area contributed by atoms with Crippen molar-refractivity contribution in [2.24, 2.45) is 5.84 Å². The topological polar surface area (TPSA) is 68.5 Å². The summed E-state index contributed by atoms with van der Waals surface area (Å²) in [4.78, 5) is 0. The Balaban J connectivity index is 2.57. The van der Waals surface area contributed by atoms with Crippen LogP contribution in [-0.2, 0) is 6.42 Å². The molecule has 0 unspecified atom stereocenters. The van der Waals surface area contributed by atoms with E-state index in [1.165, 1.54) is 0 Å². The molecule has 4 N–H and O–H groups in total. The molecule has 0 spiro atoms. The third-order valence-electron chi connectivity index (χ3n) is 2.29. The van der Waals surface area contributed by atoms with Gasteiger partial charge in [-0.2, -0.15) is 0 Å². The zero-order valence-electron chi connectivity index (χ0n) is 9.75. The maximum Gasteiger partial charge on any atom is 0.125 e. The van der Waals surface area contributed by atoms with Gasteiger partial charge < -0.3 is 14.8 Å². The van der Waals surface area contributed by atoms with Gasteiger partial charge in [0.25, 0.3) is 0 Å². The van der Waals surface area contributed by atoms with E-state index in [9.17, 15) is 0 Å². The highest BCUT2D eigenvalue weighted by molar-refractivity contribution is 5.40. The number of nitrogens with one attached hydrogen (secondary N) is 2. The molecule has 0 radical (unpaired) electrons. The lowest BCUT2D eigenvalue weighted by atomic mass is 10.1. The summed E-state index contributed by atoms with van der Waals surface area (Å²) in [6, 6.07) is 5.82. The molecule has 5 nitrogen and oxygen atoms in total. The number of hydrogen-bond acceptors (Lipinski definition) is 5. The summed E-state index contributed by atoms with van der Waals surface area (Å²) in [6.07, 6.45) is 0.884. The fourth-order valence-corrected chi connectivity index (χ4v) is 1.44. The summed E-state index contributed by atoms with van der Waals surface area (Å²) in [7, 11) is 3.30. The molecule has 90 valence electrons. The van der Waals surface area contributed by atoms with Gasteiger partial charge in [0.1, 0.15) is 11.5 Å². The molecule has 0 amide bonds. The van der Waals surface area contributed by atoms with Crippen molar-refractivity contribution in [3.63, 3.8) is 0 Å². The van der Waals surface area contributed by atoms with Crippen LogP contribution in [0.15, 0.2) is 18.2 Å². The second kappa shape index (κ2) is 7.05. The number of ether oxygens (including phenoxy) is 2. The second-order valence-corrected chi connectivity index (χ2v) is 3.31. The van der Waals surface area contributed by atoms with E-state index in [4.69, 9.17) is 15.3 Å². The van der Waals surface area contributed by atoms with Crippen LogP contribution in [-0.4, -0.2) is 27.4 Å². The van der Waals surface area contributed by atoms with Gasteiger partial charge in [0.05, 0.1) is 20.9 Å². The van der Waals surface area contributed by atoms with E-state index in [1.54, 1.807) is 14.2 Å². The predicted molar refractivity (Wildman–Crippen MR) is 63.4 cm³/mol. The van der Waals surface area contributed by atoms with Crippen LogP contribution in [0, 0.1) is 0 Å². The molecule has 1 rings (SSSR count). The van der Waals surface area contributed by atoms with Crippen molar-refractivity contribution < 1.29 is 9.47 Å². The standard InChI is InChI=1S/C11H19N3O2/c1-15-10-4-3-9(11(7-10)16-2)5-6-13-8-14-12/h3-4,7,13-14H,5-6,8,12H2,1-2H3. The van der Waals surface area contributed by atoms with E-state index < -0.39 is 0 Å². The van der Waals surface area contributed by atoms with Gasteiger partial charge >= 0.3 is 0 Å². The molecule has 0 aliphatic carbocycles. The van der Waals surface area contributed by atoms with Crippen LogP contribution < -0.4 is 26.1 Å². The highest BCUT2D eigenvalue weighted by atomic mass is 16.5. The lowest BCUT2D eigenvalue weighted by Gasteiger charge is -2.10. The smallest absolute Gasteiger partial charge is 0.125 e. The number of methoxy groups -OCH3 is 2. The second-order valence-electron chi connectivity index (χ2n) is 3.31. The van der Waals surface area contributed by atoms with Crippen molar-refractivity contribution in [2.75, 3.05) is 27.4 Å². The van der Waals surface area contributed by atoms with Crippen molar-refractivity contribution in [1.82, 2.24) is 10.7 Å². The Morgan fingerprint density at radius 1 is 1.25 bits per heavy atom. The SMILES string of the molecule is COc1ccc(CCNCNN)c(OC)c1. The number of nitrogens with two attached hydrogens (primary N) is 1. The van der Waals surface area contributed by atoms with E-state index in [0.717, 1.165) is 30.0 Å². The van der Waals surface area contributed by atoms with Gasteiger partial charge in [-0.3, -0.25) is 5.84 Å². The van der Waals surface area contributed by atoms with Crippen LogP contribution >= 0.6 is 0 Å². The highest BCUT2D eigenvalue weighted by Gasteiger charge is 2.04. The van der Waals surface area contributed by atoms with Crippen LogP contribution in [0.2, 0.25) is 0 Å². The largest absolute Gasteiger partial charge is 0.497 e. The number of hydrogen-bond donors (Lipinski definition) is 3. The molecule has 0 bridgehead atoms. The molecule has 1 aromatic carbocycles. The summed E-state index contributed by atoms with van der Waals surface area (Å²) in [5, 5.41) is 3.14. The third-order valence-corrected chi connectivity index (χ3v) is 2.29. The minimum absolute atomic E-state index is 0.596. The molecular weight excluding hydrogens is 206 g/mol. The molecule has 5 heteroatoms. The first-order valence-electron chi connectivity index (χ1n) is 5.17. The number of hydrazine groups is 1. The Kier molecular flexibility index (Phi) is 5.63. The van der Waals surface area contributed by atoms with E-state index in [0.29, 0.717) is 6.67 Å². The predicted octanol–water partition coefficient (Wildman–Crippen LogP) is 0.257. The van der Waals surface area contributed by atoms with Crippen LogP contribution in [0.5, 0.6) is 11.5 Å². The molecule has 0 heterocycles. The van der Waals surface area contributed by atoms with Crippen molar-refractivity contribution in [3.8, 4) is 11.5 Å². The van der Waals surface area contributed by atoms with Crippen LogP contribution in [0.3, 0.4) is 0 Å². The van der Waals surface area contributed by atoms with E-state index in [2.05, 4.69) is 10.7 Å². The molecule has 0 atom stereocenters. The Bertz CT molecular complexity index is 318. The average Bonchev–Trinajstić information content (AvgIpc) is 2.34. The van der Waals surface area contributed by atoms with E-state index in [1.807, 2.05) is 18.2 Å². The number of rotatable bonds is 7. The molecule has 0 fully saturated rings. The maximum atomic E-state index is 5.30.